The second kappa shape index (κ2) is 9.78. The molecule has 0 fully saturated rings. The van der Waals surface area contributed by atoms with Crippen molar-refractivity contribution >= 4 is 23.1 Å². The van der Waals surface area contributed by atoms with E-state index in [2.05, 4.69) is 68.5 Å². The summed E-state index contributed by atoms with van der Waals surface area (Å²) in [5.74, 6) is 0.482. The normalized spacial score (nSPS) is 11.6. The summed E-state index contributed by atoms with van der Waals surface area (Å²) in [5.41, 5.74) is 3.64. The summed E-state index contributed by atoms with van der Waals surface area (Å²) in [6.45, 7) is 10.1. The van der Waals surface area contributed by atoms with Crippen LogP contribution in [0.15, 0.2) is 49.2 Å². The van der Waals surface area contributed by atoms with Crippen molar-refractivity contribution in [2.24, 2.45) is 0 Å². The monoisotopic (exact) mass is 447 g/mol. The van der Waals surface area contributed by atoms with Crippen LogP contribution < -0.4 is 10.6 Å². The van der Waals surface area contributed by atoms with Gasteiger partial charge in [-0.1, -0.05) is 0 Å². The lowest BCUT2D eigenvalue weighted by molar-refractivity contribution is 0.0939. The number of fused-ring (bicyclic) bond motifs is 1. The molecule has 0 aliphatic heterocycles. The highest BCUT2D eigenvalue weighted by Crippen LogP contribution is 2.23. The highest BCUT2D eigenvalue weighted by molar-refractivity contribution is 5.94. The van der Waals surface area contributed by atoms with Crippen molar-refractivity contribution in [1.29, 1.82) is 0 Å². The van der Waals surface area contributed by atoms with Gasteiger partial charge in [-0.3, -0.25) is 14.8 Å². The zero-order valence-electron chi connectivity index (χ0n) is 19.3. The molecule has 33 heavy (non-hydrogen) atoms. The predicted molar refractivity (Wildman–Crippen MR) is 127 cm³/mol. The van der Waals surface area contributed by atoms with E-state index in [1.165, 1.54) is 6.33 Å². The number of amides is 1. The molecule has 0 saturated carbocycles. The molecule has 0 unspecified atom stereocenters. The van der Waals surface area contributed by atoms with E-state index in [1.807, 2.05) is 12.1 Å². The number of rotatable bonds is 9. The molecule has 3 N–H and O–H groups in total. The van der Waals surface area contributed by atoms with Crippen molar-refractivity contribution in [2.75, 3.05) is 18.4 Å². The lowest BCUT2D eigenvalue weighted by Gasteiger charge is -2.30. The van der Waals surface area contributed by atoms with Gasteiger partial charge in [0, 0.05) is 48.2 Å². The molecule has 4 aromatic rings. The van der Waals surface area contributed by atoms with E-state index in [1.54, 1.807) is 35.2 Å². The summed E-state index contributed by atoms with van der Waals surface area (Å²) >= 11 is 0. The van der Waals surface area contributed by atoms with E-state index in [0.29, 0.717) is 35.7 Å². The highest BCUT2D eigenvalue weighted by atomic mass is 16.1. The van der Waals surface area contributed by atoms with Gasteiger partial charge in [0.25, 0.3) is 5.91 Å². The van der Waals surface area contributed by atoms with Crippen LogP contribution in [0.1, 0.15) is 38.1 Å². The minimum atomic E-state index is -0.0866. The summed E-state index contributed by atoms with van der Waals surface area (Å²) in [6, 6.07) is 8.16. The van der Waals surface area contributed by atoms with Crippen LogP contribution >= 0.6 is 0 Å². The molecule has 1 aromatic carbocycles. The second-order valence-electron chi connectivity index (χ2n) is 8.36. The Morgan fingerprint density at radius 2 is 1.85 bits per heavy atom. The highest BCUT2D eigenvalue weighted by Gasteiger charge is 2.15. The third-order valence-corrected chi connectivity index (χ3v) is 5.49. The van der Waals surface area contributed by atoms with Crippen LogP contribution in [-0.2, 0) is 0 Å². The van der Waals surface area contributed by atoms with Gasteiger partial charge in [0.15, 0.2) is 11.5 Å². The number of benzene rings is 1. The van der Waals surface area contributed by atoms with Crippen molar-refractivity contribution in [2.45, 2.75) is 39.8 Å². The average molecular weight is 448 g/mol. The van der Waals surface area contributed by atoms with E-state index in [9.17, 15) is 4.79 Å². The van der Waals surface area contributed by atoms with Crippen molar-refractivity contribution in [3.63, 3.8) is 0 Å². The smallest absolute Gasteiger partial charge is 0.251 e. The third kappa shape index (κ3) is 5.01. The van der Waals surface area contributed by atoms with Gasteiger partial charge in [-0.2, -0.15) is 10.2 Å². The Hall–Kier alpha value is -3.79. The van der Waals surface area contributed by atoms with Gasteiger partial charge in [0.1, 0.15) is 6.33 Å². The topological polar surface area (TPSA) is 116 Å². The maximum absolute atomic E-state index is 12.5. The summed E-state index contributed by atoms with van der Waals surface area (Å²) in [6.07, 6.45) is 6.68. The molecular weight excluding hydrogens is 418 g/mol. The minimum Gasteiger partial charge on any atom is -0.351 e. The van der Waals surface area contributed by atoms with Crippen molar-refractivity contribution < 1.29 is 4.79 Å². The van der Waals surface area contributed by atoms with Crippen LogP contribution in [0, 0.1) is 0 Å². The Labute approximate surface area is 192 Å². The van der Waals surface area contributed by atoms with Gasteiger partial charge in [0.2, 0.25) is 0 Å². The molecule has 10 nitrogen and oxygen atoms in total. The van der Waals surface area contributed by atoms with E-state index < -0.39 is 0 Å². The quantitative estimate of drug-likeness (QED) is 0.361. The molecule has 1 amide bonds. The molecule has 0 spiro atoms. The van der Waals surface area contributed by atoms with Crippen LogP contribution in [0.25, 0.3) is 16.9 Å². The molecule has 0 bridgehead atoms. The number of aromatic nitrogens is 6. The molecule has 0 atom stereocenters. The van der Waals surface area contributed by atoms with Crippen LogP contribution in [0.2, 0.25) is 0 Å². The maximum atomic E-state index is 12.5. The molecular formula is C23H29N9O. The van der Waals surface area contributed by atoms with E-state index in [4.69, 9.17) is 0 Å². The zero-order valence-corrected chi connectivity index (χ0v) is 19.3. The molecule has 0 aliphatic rings. The third-order valence-electron chi connectivity index (χ3n) is 5.49. The van der Waals surface area contributed by atoms with Gasteiger partial charge in [-0.25, -0.2) is 14.5 Å². The Bertz CT molecular complexity index is 1190. The van der Waals surface area contributed by atoms with Crippen LogP contribution in [0.4, 0.5) is 11.5 Å². The minimum absolute atomic E-state index is 0.0866. The van der Waals surface area contributed by atoms with Crippen molar-refractivity contribution in [3.05, 3.63) is 54.7 Å². The summed E-state index contributed by atoms with van der Waals surface area (Å²) < 4.78 is 1.71. The van der Waals surface area contributed by atoms with Crippen LogP contribution in [0.3, 0.4) is 0 Å². The number of nitrogens with one attached hydrogen (secondary N) is 3. The molecule has 0 saturated heterocycles. The molecule has 0 aliphatic carbocycles. The first-order valence-electron chi connectivity index (χ1n) is 11.0. The van der Waals surface area contributed by atoms with Crippen LogP contribution in [0.5, 0.6) is 0 Å². The fraction of sp³-hybridized carbons (Fsp3) is 0.348. The Morgan fingerprint density at radius 3 is 2.52 bits per heavy atom. The van der Waals surface area contributed by atoms with Crippen molar-refractivity contribution in [3.8, 4) is 11.3 Å². The Morgan fingerprint density at radius 1 is 1.09 bits per heavy atom. The summed E-state index contributed by atoms with van der Waals surface area (Å²) in [7, 11) is 0. The van der Waals surface area contributed by atoms with E-state index in [-0.39, 0.29) is 5.91 Å². The molecule has 0 radical (unpaired) electrons. The van der Waals surface area contributed by atoms with Gasteiger partial charge in [-0.15, -0.1) is 0 Å². The average Bonchev–Trinajstić information content (AvgIpc) is 3.49. The fourth-order valence-electron chi connectivity index (χ4n) is 3.85. The number of aromatic amines is 1. The number of nitrogens with zero attached hydrogens (tertiary/aromatic N) is 6. The van der Waals surface area contributed by atoms with Gasteiger partial charge < -0.3 is 10.6 Å². The molecule has 10 heteroatoms. The first-order chi connectivity index (χ1) is 15.9. The first kappa shape index (κ1) is 22.4. The second-order valence-corrected chi connectivity index (χ2v) is 8.36. The number of hydrogen-bond donors (Lipinski definition) is 3. The fourth-order valence-corrected chi connectivity index (χ4v) is 3.85. The number of anilines is 2. The van der Waals surface area contributed by atoms with Gasteiger partial charge in [0.05, 0.1) is 18.1 Å². The summed E-state index contributed by atoms with van der Waals surface area (Å²) in [4.78, 5) is 23.7. The summed E-state index contributed by atoms with van der Waals surface area (Å²) in [5, 5.41) is 17.3. The molecule has 3 aromatic heterocycles. The van der Waals surface area contributed by atoms with Crippen molar-refractivity contribution in [1.82, 2.24) is 40.0 Å². The first-order valence-corrected chi connectivity index (χ1v) is 11.0. The largest absolute Gasteiger partial charge is 0.351 e. The van der Waals surface area contributed by atoms with E-state index >= 15 is 0 Å². The number of hydrogen-bond acceptors (Lipinski definition) is 7. The van der Waals surface area contributed by atoms with Gasteiger partial charge in [-0.05, 0) is 52.0 Å². The molecule has 4 rings (SSSR count). The van der Waals surface area contributed by atoms with Crippen LogP contribution in [-0.4, -0.2) is 65.8 Å². The molecule has 3 heterocycles. The number of carbonyl (C=O) groups is 1. The SMILES string of the molecule is CC(C)N(CCNC(=O)c1ccc(Nc2ncc(-c3cn[nH]c3)n3ncnc23)cc1)C(C)C. The predicted octanol–water partition coefficient (Wildman–Crippen LogP) is 3.11. The Balaban J connectivity index is 1.41. The standard InChI is InChI=1S/C23H29N9O/c1-15(2)31(16(3)4)10-9-24-23(33)17-5-7-19(8-6-17)30-21-22-26-14-29-32(22)20(13-25-21)18-11-27-28-12-18/h5-8,11-16H,9-10H2,1-4H3,(H,24,33)(H,25,30)(H,27,28). The van der Waals surface area contributed by atoms with E-state index in [0.717, 1.165) is 23.5 Å². The lowest BCUT2D eigenvalue weighted by Crippen LogP contribution is -2.42. The molecule has 172 valence electrons. The number of H-pyrrole nitrogens is 1. The number of carbonyl (C=O) groups excluding carboxylic acids is 1. The lowest BCUT2D eigenvalue weighted by atomic mass is 10.2. The maximum Gasteiger partial charge on any atom is 0.251 e. The Kier molecular flexibility index (Phi) is 6.64. The zero-order chi connectivity index (χ0) is 23.4. The van der Waals surface area contributed by atoms with Gasteiger partial charge >= 0.3 is 0 Å².